The molecule has 194 valence electrons. The maximum Gasteiger partial charge on any atom is 0.473 e. The molecule has 3 aliphatic heterocycles. The number of benzene rings is 1. The average Bonchev–Trinajstić information content (AvgIpc) is 3.46. The number of pyridine rings is 2. The first-order chi connectivity index (χ1) is 17.7. The highest BCUT2D eigenvalue weighted by atomic mass is 31.2. The molecule has 0 bridgehead atoms. The fourth-order valence-corrected chi connectivity index (χ4v) is 6.34. The van der Waals surface area contributed by atoms with Gasteiger partial charge in [0.1, 0.15) is 12.7 Å². The van der Waals surface area contributed by atoms with Gasteiger partial charge in [-0.1, -0.05) is 25.1 Å². The van der Waals surface area contributed by atoms with Crippen LogP contribution in [0.4, 0.5) is 0 Å². The number of rotatable bonds is 6. The maximum atomic E-state index is 13.6. The summed E-state index contributed by atoms with van der Waals surface area (Å²) in [6, 6.07) is 11.2. The third kappa shape index (κ3) is 3.94. The van der Waals surface area contributed by atoms with E-state index < -0.39 is 38.2 Å². The van der Waals surface area contributed by atoms with Crippen molar-refractivity contribution < 1.29 is 37.9 Å². The second kappa shape index (κ2) is 8.83. The first kappa shape index (κ1) is 24.4. The first-order valence-corrected chi connectivity index (χ1v) is 13.5. The summed E-state index contributed by atoms with van der Waals surface area (Å²) in [6.45, 7) is 1.49. The number of esters is 1. The molecule has 0 radical (unpaired) electrons. The second-order valence-corrected chi connectivity index (χ2v) is 10.8. The Morgan fingerprint density at radius 2 is 2.08 bits per heavy atom. The number of fused-ring (bicyclic) bond motifs is 5. The highest BCUT2D eigenvalue weighted by molar-refractivity contribution is 7.47. The predicted molar refractivity (Wildman–Crippen MR) is 130 cm³/mol. The number of hydrogen-bond acceptors (Lipinski definition) is 9. The van der Waals surface area contributed by atoms with Crippen molar-refractivity contribution in [3.63, 3.8) is 0 Å². The van der Waals surface area contributed by atoms with Gasteiger partial charge in [0.2, 0.25) is 5.60 Å². The van der Waals surface area contributed by atoms with E-state index >= 15 is 0 Å². The summed E-state index contributed by atoms with van der Waals surface area (Å²) in [7, 11) is -4.86. The number of aromatic nitrogens is 2. The predicted octanol–water partition coefficient (Wildman–Crippen LogP) is 2.37. The molecular weight excluding hydrogens is 503 g/mol. The van der Waals surface area contributed by atoms with Crippen LogP contribution in [-0.4, -0.2) is 50.9 Å². The van der Waals surface area contributed by atoms with Crippen LogP contribution in [0.3, 0.4) is 0 Å². The summed E-state index contributed by atoms with van der Waals surface area (Å²) >= 11 is 0. The minimum Gasteiger partial charge on any atom is -0.458 e. The average molecular weight is 528 g/mol. The Bertz CT molecular complexity index is 1540. The van der Waals surface area contributed by atoms with Crippen molar-refractivity contribution >= 4 is 24.7 Å². The van der Waals surface area contributed by atoms with Crippen molar-refractivity contribution in [1.82, 2.24) is 9.55 Å². The molecule has 5 heterocycles. The van der Waals surface area contributed by atoms with Gasteiger partial charge in [0, 0.05) is 23.1 Å². The van der Waals surface area contributed by atoms with Crippen LogP contribution in [0.25, 0.3) is 22.3 Å². The Morgan fingerprint density at radius 3 is 2.84 bits per heavy atom. The third-order valence-corrected chi connectivity index (χ3v) is 8.25. The number of para-hydroxylation sites is 1. The van der Waals surface area contributed by atoms with Crippen LogP contribution in [0.5, 0.6) is 0 Å². The van der Waals surface area contributed by atoms with Crippen LogP contribution in [0.15, 0.2) is 41.2 Å². The van der Waals surface area contributed by atoms with Gasteiger partial charge in [-0.25, -0.2) is 14.3 Å². The number of aliphatic hydroxyl groups excluding tert-OH is 1. The molecule has 4 atom stereocenters. The van der Waals surface area contributed by atoms with E-state index in [9.17, 15) is 24.2 Å². The lowest BCUT2D eigenvalue weighted by Gasteiger charge is -2.36. The summed E-state index contributed by atoms with van der Waals surface area (Å²) in [5.41, 5.74) is 0.551. The molecule has 11 nitrogen and oxygen atoms in total. The molecule has 0 amide bonds. The Kier molecular flexibility index (Phi) is 5.83. The van der Waals surface area contributed by atoms with Crippen molar-refractivity contribution in [3.8, 4) is 11.4 Å². The van der Waals surface area contributed by atoms with E-state index in [2.05, 4.69) is 0 Å². The van der Waals surface area contributed by atoms with Crippen molar-refractivity contribution in [2.24, 2.45) is 0 Å². The number of ether oxygens (including phenoxy) is 2. The number of carbonyl (C=O) groups excluding carboxylic acids is 1. The van der Waals surface area contributed by atoms with Gasteiger partial charge in [-0.15, -0.1) is 0 Å². The van der Waals surface area contributed by atoms with E-state index in [1.807, 2.05) is 30.3 Å². The van der Waals surface area contributed by atoms with Crippen LogP contribution >= 0.6 is 7.82 Å². The lowest BCUT2D eigenvalue weighted by molar-refractivity contribution is -0.171. The zero-order valence-electron chi connectivity index (χ0n) is 20.0. The maximum absolute atomic E-state index is 13.6. The van der Waals surface area contributed by atoms with E-state index in [-0.39, 0.29) is 29.7 Å². The number of aliphatic hydroxyl groups is 1. The van der Waals surface area contributed by atoms with Crippen LogP contribution in [0.1, 0.15) is 36.5 Å². The smallest absolute Gasteiger partial charge is 0.458 e. The molecular formula is C25H25N2O9P. The zero-order valence-corrected chi connectivity index (χ0v) is 20.8. The monoisotopic (exact) mass is 528 g/mol. The molecule has 3 aromatic rings. The SMILES string of the molecule is CC[C@@]1(OP(=O)(O)OC[C@H]2OCC[C@@H]2O)C(=O)OCc2c1cc1n(c2=O)Cc2cc3ccccc3nc2-1. The van der Waals surface area contributed by atoms with Gasteiger partial charge in [-0.3, -0.25) is 13.8 Å². The topological polar surface area (TPSA) is 146 Å². The number of phosphoric acid groups is 1. The Morgan fingerprint density at radius 1 is 1.27 bits per heavy atom. The minimum atomic E-state index is -4.86. The lowest BCUT2D eigenvalue weighted by atomic mass is 9.86. The molecule has 1 unspecified atom stereocenters. The van der Waals surface area contributed by atoms with Gasteiger partial charge in [0.15, 0.2) is 0 Å². The minimum absolute atomic E-state index is 0.101. The molecule has 1 saturated heterocycles. The number of hydrogen-bond donors (Lipinski definition) is 2. The van der Waals surface area contributed by atoms with Crippen LogP contribution < -0.4 is 5.56 Å². The van der Waals surface area contributed by atoms with Gasteiger partial charge < -0.3 is 24.0 Å². The van der Waals surface area contributed by atoms with E-state index in [0.717, 1.165) is 16.5 Å². The van der Waals surface area contributed by atoms with E-state index in [4.69, 9.17) is 23.5 Å². The van der Waals surface area contributed by atoms with Gasteiger partial charge in [0.25, 0.3) is 5.56 Å². The molecule has 0 spiro atoms. The number of phosphoric ester groups is 1. The van der Waals surface area contributed by atoms with Crippen LogP contribution in [-0.2, 0) is 46.6 Å². The Balaban J connectivity index is 1.42. The van der Waals surface area contributed by atoms with Crippen molar-refractivity contribution in [3.05, 3.63) is 63.4 Å². The van der Waals surface area contributed by atoms with Crippen LogP contribution in [0.2, 0.25) is 0 Å². The van der Waals surface area contributed by atoms with E-state index in [0.29, 0.717) is 31.0 Å². The standard InChI is InChI=1S/C25H25N2O9P/c1-2-25(36-37(31,32)35-13-21-20(28)7-8-33-21)17-10-19-22-15(9-14-5-3-4-6-18(14)26-22)11-27(19)23(29)16(17)12-34-24(25)30/h3-6,9-10,20-21,28H,2,7-8,11-13H2,1H3,(H,31,32)/t20-,21+,25-/m0/s1. The number of cyclic esters (lactones) is 1. The third-order valence-electron chi connectivity index (χ3n) is 7.23. The molecule has 2 N–H and O–H groups in total. The number of carbonyl (C=O) groups is 1. The quantitative estimate of drug-likeness (QED) is 0.282. The largest absolute Gasteiger partial charge is 0.473 e. The second-order valence-electron chi connectivity index (χ2n) is 9.38. The first-order valence-electron chi connectivity index (χ1n) is 12.0. The lowest BCUT2D eigenvalue weighted by Crippen LogP contribution is -2.46. The van der Waals surface area contributed by atoms with Gasteiger partial charge in [-0.2, -0.15) is 0 Å². The summed E-state index contributed by atoms with van der Waals surface area (Å²) in [4.78, 5) is 42.0. The summed E-state index contributed by atoms with van der Waals surface area (Å²) < 4.78 is 35.8. The fourth-order valence-electron chi connectivity index (χ4n) is 5.25. The van der Waals surface area contributed by atoms with Crippen molar-refractivity contribution in [1.29, 1.82) is 0 Å². The van der Waals surface area contributed by atoms with Crippen LogP contribution in [0, 0.1) is 0 Å². The molecule has 1 fully saturated rings. The molecule has 12 heteroatoms. The molecule has 0 aliphatic carbocycles. The molecule has 37 heavy (non-hydrogen) atoms. The summed E-state index contributed by atoms with van der Waals surface area (Å²) in [6.07, 6.45) is -1.36. The van der Waals surface area contributed by atoms with E-state index in [1.165, 1.54) is 0 Å². The zero-order chi connectivity index (χ0) is 25.9. The van der Waals surface area contributed by atoms with Crippen molar-refractivity contribution in [2.75, 3.05) is 13.2 Å². The summed E-state index contributed by atoms with van der Waals surface area (Å²) in [5, 5.41) is 10.8. The van der Waals surface area contributed by atoms with Crippen molar-refractivity contribution in [2.45, 2.75) is 50.7 Å². The summed E-state index contributed by atoms with van der Waals surface area (Å²) in [5.74, 6) is -0.897. The fraction of sp³-hybridized carbons (Fsp3) is 0.400. The molecule has 6 rings (SSSR count). The molecule has 0 saturated carbocycles. The molecule has 1 aromatic carbocycles. The normalized spacial score (nSPS) is 25.9. The highest BCUT2D eigenvalue weighted by Gasteiger charge is 2.52. The van der Waals surface area contributed by atoms with E-state index in [1.54, 1.807) is 17.6 Å². The Hall–Kier alpha value is -2.92. The number of nitrogens with zero attached hydrogens (tertiary/aromatic N) is 2. The molecule has 2 aromatic heterocycles. The Labute approximate surface area is 211 Å². The van der Waals surface area contributed by atoms with Gasteiger partial charge >= 0.3 is 13.8 Å². The van der Waals surface area contributed by atoms with Gasteiger partial charge in [-0.05, 0) is 31.0 Å². The van der Waals surface area contributed by atoms with Gasteiger partial charge in [0.05, 0.1) is 41.7 Å². The molecule has 3 aliphatic rings. The highest BCUT2D eigenvalue weighted by Crippen LogP contribution is 2.54.